The van der Waals surface area contributed by atoms with Crippen LogP contribution in [0.4, 0.5) is 0 Å². The second kappa shape index (κ2) is 7.49. The van der Waals surface area contributed by atoms with E-state index in [4.69, 9.17) is 23.2 Å². The summed E-state index contributed by atoms with van der Waals surface area (Å²) >= 11 is 16.0. The highest BCUT2D eigenvalue weighted by Crippen LogP contribution is 2.33. The van der Waals surface area contributed by atoms with Crippen molar-refractivity contribution in [2.24, 2.45) is 0 Å². The molecule has 0 aliphatic carbocycles. The molecule has 0 aliphatic heterocycles. The van der Waals surface area contributed by atoms with Crippen molar-refractivity contribution in [3.05, 3.63) is 68.7 Å². The lowest BCUT2D eigenvalue weighted by Gasteiger charge is -2.12. The van der Waals surface area contributed by atoms with E-state index in [0.717, 1.165) is 22.0 Å². The van der Waals surface area contributed by atoms with Crippen molar-refractivity contribution < 1.29 is 0 Å². The molecule has 2 rings (SSSR count). The maximum absolute atomic E-state index is 6.55. The fourth-order valence-corrected chi connectivity index (χ4v) is 2.89. The summed E-state index contributed by atoms with van der Waals surface area (Å²) in [5.41, 5.74) is 3.53. The predicted octanol–water partition coefficient (Wildman–Crippen LogP) is 6.77. The van der Waals surface area contributed by atoms with Gasteiger partial charge in [0.15, 0.2) is 0 Å². The van der Waals surface area contributed by atoms with Crippen molar-refractivity contribution >= 4 is 39.1 Å². The Morgan fingerprint density at radius 3 is 2.30 bits per heavy atom. The van der Waals surface area contributed by atoms with Gasteiger partial charge in [0.25, 0.3) is 0 Å². The van der Waals surface area contributed by atoms with Gasteiger partial charge in [0, 0.05) is 4.47 Å². The van der Waals surface area contributed by atoms with Crippen LogP contribution in [-0.2, 0) is 6.42 Å². The highest BCUT2D eigenvalue weighted by molar-refractivity contribution is 9.10. The van der Waals surface area contributed by atoms with Crippen molar-refractivity contribution in [1.82, 2.24) is 0 Å². The van der Waals surface area contributed by atoms with E-state index in [1.165, 1.54) is 18.4 Å². The lowest BCUT2D eigenvalue weighted by molar-refractivity contribution is 0.794. The lowest BCUT2D eigenvalue weighted by Crippen LogP contribution is -1.94. The van der Waals surface area contributed by atoms with Crippen molar-refractivity contribution in [3.8, 4) is 0 Å². The molecule has 1 atom stereocenters. The minimum absolute atomic E-state index is 0.149. The Kier molecular flexibility index (Phi) is 5.95. The van der Waals surface area contributed by atoms with Crippen LogP contribution >= 0.6 is 39.1 Å². The number of unbranched alkanes of at least 4 members (excludes halogenated alkanes) is 1. The number of alkyl halides is 1. The Bertz CT molecular complexity index is 564. The molecule has 0 heterocycles. The van der Waals surface area contributed by atoms with E-state index in [9.17, 15) is 0 Å². The molecule has 3 heteroatoms. The highest BCUT2D eigenvalue weighted by atomic mass is 79.9. The van der Waals surface area contributed by atoms with Crippen LogP contribution in [0, 0.1) is 0 Å². The summed E-state index contributed by atoms with van der Waals surface area (Å²) < 4.78 is 0.877. The van der Waals surface area contributed by atoms with Crippen LogP contribution in [-0.4, -0.2) is 0 Å². The first-order valence-corrected chi connectivity index (χ1v) is 8.40. The maximum Gasteiger partial charge on any atom is 0.0835 e. The Labute approximate surface area is 139 Å². The number of hydrogen-bond donors (Lipinski definition) is 0. The van der Waals surface area contributed by atoms with Crippen molar-refractivity contribution in [2.75, 3.05) is 0 Å². The molecule has 0 saturated carbocycles. The minimum atomic E-state index is -0.149. The molecular formula is C17H17BrCl2. The monoisotopic (exact) mass is 370 g/mol. The molecule has 106 valence electrons. The third-order valence-corrected chi connectivity index (χ3v) is 5.05. The smallest absolute Gasteiger partial charge is 0.0835 e. The van der Waals surface area contributed by atoms with Gasteiger partial charge < -0.3 is 0 Å². The van der Waals surface area contributed by atoms with Crippen LogP contribution in [0.3, 0.4) is 0 Å². The normalized spacial score (nSPS) is 12.4. The molecule has 2 aromatic rings. The minimum Gasteiger partial charge on any atom is -0.113 e. The SMILES string of the molecule is CCCCc1ccc(C(Cl)c2ccc(Cl)c(Br)c2)cc1. The van der Waals surface area contributed by atoms with Gasteiger partial charge in [-0.1, -0.05) is 55.3 Å². The van der Waals surface area contributed by atoms with Crippen LogP contribution in [0.15, 0.2) is 46.9 Å². The van der Waals surface area contributed by atoms with Crippen molar-refractivity contribution in [1.29, 1.82) is 0 Å². The molecule has 0 spiro atoms. The van der Waals surface area contributed by atoms with Crippen LogP contribution in [0.5, 0.6) is 0 Å². The molecule has 0 N–H and O–H groups in total. The van der Waals surface area contributed by atoms with E-state index < -0.39 is 0 Å². The average Bonchev–Trinajstić information content (AvgIpc) is 2.48. The molecule has 0 fully saturated rings. The van der Waals surface area contributed by atoms with E-state index in [-0.39, 0.29) is 5.38 Å². The Balaban J connectivity index is 2.15. The number of aryl methyl sites for hydroxylation is 1. The Morgan fingerprint density at radius 1 is 1.05 bits per heavy atom. The summed E-state index contributed by atoms with van der Waals surface area (Å²) in [6.07, 6.45) is 3.59. The third-order valence-electron chi connectivity index (χ3n) is 3.33. The summed E-state index contributed by atoms with van der Waals surface area (Å²) in [5, 5.41) is 0.552. The predicted molar refractivity (Wildman–Crippen MR) is 91.9 cm³/mol. The maximum atomic E-state index is 6.55. The molecule has 0 amide bonds. The molecule has 0 aliphatic rings. The zero-order chi connectivity index (χ0) is 14.5. The van der Waals surface area contributed by atoms with Gasteiger partial charge in [-0.3, -0.25) is 0 Å². The number of rotatable bonds is 5. The molecule has 20 heavy (non-hydrogen) atoms. The summed E-state index contributed by atoms with van der Waals surface area (Å²) in [7, 11) is 0. The van der Waals surface area contributed by atoms with E-state index >= 15 is 0 Å². The highest BCUT2D eigenvalue weighted by Gasteiger charge is 2.12. The first-order chi connectivity index (χ1) is 9.61. The van der Waals surface area contributed by atoms with E-state index in [1.807, 2.05) is 18.2 Å². The molecule has 0 radical (unpaired) electrons. The summed E-state index contributed by atoms with van der Waals surface area (Å²) in [5.74, 6) is 0. The van der Waals surface area contributed by atoms with Crippen LogP contribution in [0.1, 0.15) is 41.8 Å². The second-order valence-corrected chi connectivity index (χ2v) is 6.58. The standard InChI is InChI=1S/C17H17BrCl2/c1-2-3-4-12-5-7-13(8-6-12)17(20)14-9-10-16(19)15(18)11-14/h5-11,17H,2-4H2,1H3. The quantitative estimate of drug-likeness (QED) is 0.508. The largest absolute Gasteiger partial charge is 0.113 e. The van der Waals surface area contributed by atoms with Gasteiger partial charge in [0.2, 0.25) is 0 Å². The molecular weight excluding hydrogens is 355 g/mol. The molecule has 0 nitrogen and oxygen atoms in total. The van der Waals surface area contributed by atoms with Gasteiger partial charge >= 0.3 is 0 Å². The summed E-state index contributed by atoms with van der Waals surface area (Å²) in [6.45, 7) is 2.21. The van der Waals surface area contributed by atoms with Gasteiger partial charge in [-0.2, -0.15) is 0 Å². The fraction of sp³-hybridized carbons (Fsp3) is 0.294. The zero-order valence-electron chi connectivity index (χ0n) is 11.4. The average molecular weight is 372 g/mol. The molecule has 0 bridgehead atoms. The van der Waals surface area contributed by atoms with Crippen molar-refractivity contribution in [2.45, 2.75) is 31.6 Å². The van der Waals surface area contributed by atoms with Crippen LogP contribution in [0.2, 0.25) is 5.02 Å². The van der Waals surface area contributed by atoms with Crippen molar-refractivity contribution in [3.63, 3.8) is 0 Å². The number of hydrogen-bond acceptors (Lipinski definition) is 0. The zero-order valence-corrected chi connectivity index (χ0v) is 14.5. The van der Waals surface area contributed by atoms with Crippen LogP contribution in [0.25, 0.3) is 0 Å². The first kappa shape index (κ1) is 15.9. The topological polar surface area (TPSA) is 0 Å². The van der Waals surface area contributed by atoms with E-state index in [0.29, 0.717) is 5.02 Å². The van der Waals surface area contributed by atoms with Gasteiger partial charge in [-0.05, 0) is 57.6 Å². The van der Waals surface area contributed by atoms with Crippen LogP contribution < -0.4 is 0 Å². The van der Waals surface area contributed by atoms with Gasteiger partial charge in [0.1, 0.15) is 0 Å². The van der Waals surface area contributed by atoms with E-state index in [1.54, 1.807) is 0 Å². The lowest BCUT2D eigenvalue weighted by atomic mass is 10.0. The number of halogens is 3. The fourth-order valence-electron chi connectivity index (χ4n) is 2.10. The molecule has 0 aromatic heterocycles. The third kappa shape index (κ3) is 4.00. The van der Waals surface area contributed by atoms with Gasteiger partial charge in [-0.25, -0.2) is 0 Å². The van der Waals surface area contributed by atoms with Gasteiger partial charge in [-0.15, -0.1) is 11.6 Å². The van der Waals surface area contributed by atoms with Gasteiger partial charge in [0.05, 0.1) is 10.4 Å². The molecule has 1 unspecified atom stereocenters. The number of benzene rings is 2. The Morgan fingerprint density at radius 2 is 1.70 bits per heavy atom. The summed E-state index contributed by atoms with van der Waals surface area (Å²) in [6, 6.07) is 14.4. The second-order valence-electron chi connectivity index (χ2n) is 4.88. The summed E-state index contributed by atoms with van der Waals surface area (Å²) in [4.78, 5) is 0. The first-order valence-electron chi connectivity index (χ1n) is 6.79. The Hall–Kier alpha value is -0.500. The van der Waals surface area contributed by atoms with E-state index in [2.05, 4.69) is 47.1 Å². The molecule has 2 aromatic carbocycles. The molecule has 0 saturated heterocycles.